The van der Waals surface area contributed by atoms with Crippen LogP contribution in [0, 0.1) is 0 Å². The summed E-state index contributed by atoms with van der Waals surface area (Å²) < 4.78 is 0. The maximum absolute atomic E-state index is 5.74. The molecule has 0 bridgehead atoms. The van der Waals surface area contributed by atoms with E-state index in [2.05, 4.69) is 15.7 Å². The highest BCUT2D eigenvalue weighted by Crippen LogP contribution is 2.10. The lowest BCUT2D eigenvalue weighted by atomic mass is 10.3. The van der Waals surface area contributed by atoms with Crippen LogP contribution >= 0.6 is 36.2 Å². The van der Waals surface area contributed by atoms with Gasteiger partial charge >= 0.3 is 0 Å². The van der Waals surface area contributed by atoms with Crippen LogP contribution < -0.4 is 21.5 Å². The Bertz CT molecular complexity index is 437. The van der Waals surface area contributed by atoms with Crippen LogP contribution in [0.1, 0.15) is 12.8 Å². The summed E-state index contributed by atoms with van der Waals surface area (Å²) in [5, 5.41) is 5.12. The van der Waals surface area contributed by atoms with Gasteiger partial charge in [0.1, 0.15) is 0 Å². The van der Waals surface area contributed by atoms with Crippen molar-refractivity contribution in [1.29, 1.82) is 0 Å². The summed E-state index contributed by atoms with van der Waals surface area (Å²) in [5.41, 5.74) is 9.74. The number of hydrogen-bond donors (Lipinski definition) is 3. The van der Waals surface area contributed by atoms with Gasteiger partial charge in [0.2, 0.25) is 5.96 Å². The Kier molecular flexibility index (Phi) is 6.85. The van der Waals surface area contributed by atoms with Crippen LogP contribution in [0.3, 0.4) is 0 Å². The average molecular weight is 391 g/mol. The predicted octanol–water partition coefficient (Wildman–Crippen LogP) is 1.60. The summed E-state index contributed by atoms with van der Waals surface area (Å²) in [7, 11) is 0. The molecule has 0 saturated heterocycles. The minimum Gasteiger partial charge on any atom is -0.374 e. The van der Waals surface area contributed by atoms with Gasteiger partial charge in [-0.25, -0.2) is 5.01 Å². The monoisotopic (exact) mass is 391 g/mol. The van der Waals surface area contributed by atoms with Crippen LogP contribution in [0.15, 0.2) is 35.3 Å². The highest BCUT2D eigenvalue weighted by atomic mass is 127. The Morgan fingerprint density at radius 1 is 1.32 bits per heavy atom. The van der Waals surface area contributed by atoms with Crippen molar-refractivity contribution < 1.29 is 0 Å². The Hall–Kier alpha value is -1.09. The summed E-state index contributed by atoms with van der Waals surface area (Å²) in [4.78, 5) is 4.41. The van der Waals surface area contributed by atoms with Gasteiger partial charge in [0, 0.05) is 13.1 Å². The molecule has 0 aliphatic carbocycles. The van der Waals surface area contributed by atoms with Crippen LogP contribution in [-0.2, 0) is 0 Å². The highest BCUT2D eigenvalue weighted by molar-refractivity contribution is 14.0. The third-order valence-corrected chi connectivity index (χ3v) is 2.78. The maximum Gasteiger partial charge on any atom is 0.210 e. The SMILES string of the molecule is I.NC(=S)N(NC1=NCCCCN1)c1ccccc1. The van der Waals surface area contributed by atoms with Crippen molar-refractivity contribution in [2.24, 2.45) is 10.7 Å². The molecule has 0 fully saturated rings. The zero-order chi connectivity index (χ0) is 12.8. The Balaban J connectivity index is 0.00000180. The van der Waals surface area contributed by atoms with E-state index in [-0.39, 0.29) is 29.1 Å². The van der Waals surface area contributed by atoms with E-state index in [1.54, 1.807) is 5.01 Å². The molecule has 0 amide bonds. The molecule has 1 heterocycles. The molecule has 0 atom stereocenters. The molecule has 1 aliphatic heterocycles. The largest absolute Gasteiger partial charge is 0.374 e. The summed E-state index contributed by atoms with van der Waals surface area (Å²) in [6.45, 7) is 1.72. The third kappa shape index (κ3) is 4.83. The summed E-state index contributed by atoms with van der Waals surface area (Å²) in [6, 6.07) is 9.69. The molecule has 19 heavy (non-hydrogen) atoms. The van der Waals surface area contributed by atoms with Crippen LogP contribution in [-0.4, -0.2) is 24.2 Å². The van der Waals surface area contributed by atoms with Crippen LogP contribution in [0.5, 0.6) is 0 Å². The number of hydrazine groups is 1. The molecule has 0 aromatic heterocycles. The van der Waals surface area contributed by atoms with Gasteiger partial charge in [-0.3, -0.25) is 10.4 Å². The number of anilines is 1. The fourth-order valence-corrected chi connectivity index (χ4v) is 1.85. The molecule has 1 aromatic carbocycles. The number of nitrogens with two attached hydrogens (primary N) is 1. The Labute approximate surface area is 135 Å². The molecule has 0 radical (unpaired) electrons. The van der Waals surface area contributed by atoms with Crippen molar-refractivity contribution >= 4 is 53.0 Å². The Morgan fingerprint density at radius 3 is 2.74 bits per heavy atom. The average Bonchev–Trinajstić information content (AvgIpc) is 2.65. The van der Waals surface area contributed by atoms with Gasteiger partial charge in [-0.2, -0.15) is 0 Å². The normalized spacial score (nSPS) is 14.2. The summed E-state index contributed by atoms with van der Waals surface area (Å²) in [6.07, 6.45) is 2.21. The summed E-state index contributed by atoms with van der Waals surface area (Å²) >= 11 is 5.06. The molecule has 7 heteroatoms. The number of halogens is 1. The van der Waals surface area contributed by atoms with E-state index in [1.165, 1.54) is 0 Å². The highest BCUT2D eigenvalue weighted by Gasteiger charge is 2.12. The van der Waals surface area contributed by atoms with Crippen molar-refractivity contribution in [3.05, 3.63) is 30.3 Å². The van der Waals surface area contributed by atoms with Crippen LogP contribution in [0.4, 0.5) is 5.69 Å². The van der Waals surface area contributed by atoms with Crippen molar-refractivity contribution in [3.8, 4) is 0 Å². The van der Waals surface area contributed by atoms with E-state index < -0.39 is 0 Å². The first-order valence-electron chi connectivity index (χ1n) is 5.97. The standard InChI is InChI=1S/C12H17N5S.HI/c13-11(18)17(10-6-2-1-3-7-10)16-12-14-8-4-5-9-15-12;/h1-3,6-7H,4-5,8-9H2,(H2,13,18)(H2,14,15,16);1H. The second-order valence-corrected chi connectivity index (χ2v) is 4.40. The van der Waals surface area contributed by atoms with Crippen LogP contribution in [0.2, 0.25) is 0 Å². The van der Waals surface area contributed by atoms with E-state index in [0.29, 0.717) is 5.96 Å². The van der Waals surface area contributed by atoms with Gasteiger partial charge in [0.15, 0.2) is 5.11 Å². The van der Waals surface area contributed by atoms with Crippen molar-refractivity contribution in [3.63, 3.8) is 0 Å². The van der Waals surface area contributed by atoms with Gasteiger partial charge in [-0.1, -0.05) is 18.2 Å². The number of nitrogens with zero attached hydrogens (tertiary/aromatic N) is 2. The lowest BCUT2D eigenvalue weighted by Gasteiger charge is -2.25. The van der Waals surface area contributed by atoms with E-state index in [9.17, 15) is 0 Å². The number of guanidine groups is 1. The number of hydrogen-bond acceptors (Lipinski definition) is 4. The zero-order valence-corrected chi connectivity index (χ0v) is 13.7. The minimum atomic E-state index is 0. The first-order valence-corrected chi connectivity index (χ1v) is 6.38. The fraction of sp³-hybridized carbons (Fsp3) is 0.333. The molecule has 1 aliphatic rings. The van der Waals surface area contributed by atoms with Gasteiger partial charge in [0.05, 0.1) is 5.69 Å². The second kappa shape index (κ2) is 8.16. The van der Waals surface area contributed by atoms with Crippen molar-refractivity contribution in [1.82, 2.24) is 10.7 Å². The molecule has 0 saturated carbocycles. The fourth-order valence-electron chi connectivity index (χ4n) is 1.70. The van der Waals surface area contributed by atoms with Crippen LogP contribution in [0.25, 0.3) is 0 Å². The van der Waals surface area contributed by atoms with Crippen molar-refractivity contribution in [2.75, 3.05) is 18.1 Å². The minimum absolute atomic E-state index is 0. The molecule has 0 unspecified atom stereocenters. The second-order valence-electron chi connectivity index (χ2n) is 3.99. The Morgan fingerprint density at radius 2 is 2.05 bits per heavy atom. The maximum atomic E-state index is 5.74. The predicted molar refractivity (Wildman–Crippen MR) is 93.8 cm³/mol. The first-order chi connectivity index (χ1) is 8.77. The molecular formula is C12H18IN5S. The molecule has 0 spiro atoms. The first kappa shape index (κ1) is 16.0. The molecule has 104 valence electrons. The van der Waals surface area contributed by atoms with E-state index in [1.807, 2.05) is 30.3 Å². The molecular weight excluding hydrogens is 373 g/mol. The zero-order valence-electron chi connectivity index (χ0n) is 10.5. The number of thiocarbonyl (C=S) groups is 1. The molecule has 2 rings (SSSR count). The number of benzene rings is 1. The lowest BCUT2D eigenvalue weighted by Crippen LogP contribution is -2.53. The van der Waals surface area contributed by atoms with E-state index >= 15 is 0 Å². The smallest absolute Gasteiger partial charge is 0.210 e. The number of aliphatic imine (C=N–C) groups is 1. The summed E-state index contributed by atoms with van der Waals surface area (Å²) in [5.74, 6) is 0.712. The number of para-hydroxylation sites is 1. The van der Waals surface area contributed by atoms with E-state index in [0.717, 1.165) is 31.6 Å². The topological polar surface area (TPSA) is 65.7 Å². The lowest BCUT2D eigenvalue weighted by molar-refractivity contribution is 0.744. The van der Waals surface area contributed by atoms with Crippen molar-refractivity contribution in [2.45, 2.75) is 12.8 Å². The number of rotatable bonds is 1. The van der Waals surface area contributed by atoms with Gasteiger partial charge in [0.25, 0.3) is 0 Å². The number of nitrogens with one attached hydrogen (secondary N) is 2. The quantitative estimate of drug-likeness (QED) is 0.386. The van der Waals surface area contributed by atoms with E-state index in [4.69, 9.17) is 18.0 Å². The van der Waals surface area contributed by atoms with Gasteiger partial charge in [-0.15, -0.1) is 24.0 Å². The molecule has 5 nitrogen and oxygen atoms in total. The van der Waals surface area contributed by atoms with Gasteiger partial charge in [-0.05, 0) is 37.2 Å². The molecule has 4 N–H and O–H groups in total. The molecule has 1 aromatic rings. The van der Waals surface area contributed by atoms with Gasteiger partial charge < -0.3 is 11.1 Å². The third-order valence-electron chi connectivity index (χ3n) is 2.60.